The van der Waals surface area contributed by atoms with E-state index in [1.54, 1.807) is 0 Å². The van der Waals surface area contributed by atoms with Crippen LogP contribution in [0.4, 0.5) is 0 Å². The number of piperidine rings is 1. The molecule has 0 radical (unpaired) electrons. The molecule has 0 aliphatic carbocycles. The van der Waals surface area contributed by atoms with Gasteiger partial charge in [-0.3, -0.25) is 9.69 Å². The molecule has 3 rings (SSSR count). The van der Waals surface area contributed by atoms with Gasteiger partial charge in [0.25, 0.3) is 0 Å². The van der Waals surface area contributed by atoms with Crippen LogP contribution in [0.5, 0.6) is 0 Å². The second-order valence-electron chi connectivity index (χ2n) is 6.46. The Balaban J connectivity index is 1.49. The van der Waals surface area contributed by atoms with Gasteiger partial charge in [-0.05, 0) is 44.5 Å². The highest BCUT2D eigenvalue weighted by molar-refractivity contribution is 5.81. The van der Waals surface area contributed by atoms with Crippen LogP contribution in [0.1, 0.15) is 38.5 Å². The Hall–Kier alpha value is -2.21. The molecule has 1 aromatic carbocycles. The molecule has 1 amide bonds. The number of carbonyl (C=O) groups is 1. The molecule has 25 heavy (non-hydrogen) atoms. The zero-order valence-corrected chi connectivity index (χ0v) is 14.8. The van der Waals surface area contributed by atoms with Crippen molar-refractivity contribution in [2.45, 2.75) is 45.1 Å². The van der Waals surface area contributed by atoms with Crippen LogP contribution in [-0.4, -0.2) is 46.7 Å². The molecule has 134 valence electrons. The van der Waals surface area contributed by atoms with Crippen LogP contribution >= 0.6 is 0 Å². The van der Waals surface area contributed by atoms with Crippen molar-refractivity contribution in [1.29, 1.82) is 0 Å². The summed E-state index contributed by atoms with van der Waals surface area (Å²) in [6, 6.07) is 9.70. The van der Waals surface area contributed by atoms with Crippen LogP contribution in [0.15, 0.2) is 34.7 Å². The van der Waals surface area contributed by atoms with Crippen molar-refractivity contribution >= 4 is 5.91 Å². The van der Waals surface area contributed by atoms with E-state index in [4.69, 9.17) is 4.42 Å². The zero-order chi connectivity index (χ0) is 17.5. The first-order valence-corrected chi connectivity index (χ1v) is 9.17. The van der Waals surface area contributed by atoms with Crippen LogP contribution < -0.4 is 5.32 Å². The maximum atomic E-state index is 12.5. The van der Waals surface area contributed by atoms with Crippen molar-refractivity contribution in [3.8, 4) is 11.5 Å². The number of carbonyl (C=O) groups excluding carboxylic acids is 1. The summed E-state index contributed by atoms with van der Waals surface area (Å²) in [4.78, 5) is 14.8. The van der Waals surface area contributed by atoms with E-state index in [1.807, 2.05) is 30.3 Å². The smallest absolute Gasteiger partial charge is 0.247 e. The van der Waals surface area contributed by atoms with Gasteiger partial charge in [-0.1, -0.05) is 31.5 Å². The summed E-state index contributed by atoms with van der Waals surface area (Å²) in [6.45, 7) is 4.69. The minimum absolute atomic E-state index is 0.0104. The van der Waals surface area contributed by atoms with Gasteiger partial charge in [-0.2, -0.15) is 0 Å². The van der Waals surface area contributed by atoms with Crippen LogP contribution in [0.25, 0.3) is 11.5 Å². The summed E-state index contributed by atoms with van der Waals surface area (Å²) in [6.07, 6.45) is 4.89. The van der Waals surface area contributed by atoms with E-state index >= 15 is 0 Å². The van der Waals surface area contributed by atoms with Gasteiger partial charge in [-0.25, -0.2) is 0 Å². The highest BCUT2D eigenvalue weighted by atomic mass is 16.4. The first-order valence-electron chi connectivity index (χ1n) is 9.17. The Morgan fingerprint density at radius 1 is 1.28 bits per heavy atom. The first kappa shape index (κ1) is 17.6. The molecule has 6 heteroatoms. The topological polar surface area (TPSA) is 71.3 Å². The third-order valence-corrected chi connectivity index (χ3v) is 4.55. The fourth-order valence-corrected chi connectivity index (χ4v) is 3.31. The number of rotatable bonds is 7. The van der Waals surface area contributed by atoms with E-state index in [9.17, 15) is 4.79 Å². The van der Waals surface area contributed by atoms with E-state index in [0.717, 1.165) is 37.9 Å². The Morgan fingerprint density at radius 2 is 2.12 bits per heavy atom. The second-order valence-corrected chi connectivity index (χ2v) is 6.46. The molecule has 0 unspecified atom stereocenters. The van der Waals surface area contributed by atoms with Crippen molar-refractivity contribution in [2.75, 3.05) is 19.6 Å². The molecule has 2 heterocycles. The van der Waals surface area contributed by atoms with E-state index in [2.05, 4.69) is 27.3 Å². The van der Waals surface area contributed by atoms with Crippen molar-refractivity contribution in [3.63, 3.8) is 0 Å². The van der Waals surface area contributed by atoms with Gasteiger partial charge < -0.3 is 9.73 Å². The fraction of sp³-hybridized carbons (Fsp3) is 0.526. The fourth-order valence-electron chi connectivity index (χ4n) is 3.31. The van der Waals surface area contributed by atoms with Crippen molar-refractivity contribution in [2.24, 2.45) is 0 Å². The number of benzene rings is 1. The van der Waals surface area contributed by atoms with Gasteiger partial charge in [0.1, 0.15) is 0 Å². The van der Waals surface area contributed by atoms with Crippen molar-refractivity contribution in [3.05, 3.63) is 36.2 Å². The van der Waals surface area contributed by atoms with E-state index in [-0.39, 0.29) is 11.9 Å². The lowest BCUT2D eigenvalue weighted by molar-refractivity contribution is -0.127. The minimum atomic E-state index is 0.0104. The molecule has 1 aliphatic rings. The Morgan fingerprint density at radius 3 is 2.92 bits per heavy atom. The third-order valence-electron chi connectivity index (χ3n) is 4.55. The summed E-state index contributed by atoms with van der Waals surface area (Å²) in [5, 5.41) is 11.2. The molecule has 2 aromatic rings. The lowest BCUT2D eigenvalue weighted by Gasteiger charge is -2.34. The van der Waals surface area contributed by atoms with Gasteiger partial charge in [-0.15, -0.1) is 10.2 Å². The van der Waals surface area contributed by atoms with Gasteiger partial charge in [0.05, 0.1) is 6.04 Å². The number of aromatic nitrogens is 2. The van der Waals surface area contributed by atoms with Crippen LogP contribution in [0.2, 0.25) is 0 Å². The lowest BCUT2D eigenvalue weighted by atomic mass is 10.0. The number of nitrogens with one attached hydrogen (secondary N) is 1. The Labute approximate surface area is 148 Å². The average Bonchev–Trinajstić information content (AvgIpc) is 3.12. The summed E-state index contributed by atoms with van der Waals surface area (Å²) in [5.74, 6) is 1.19. The quantitative estimate of drug-likeness (QED) is 0.837. The van der Waals surface area contributed by atoms with Crippen molar-refractivity contribution in [1.82, 2.24) is 20.4 Å². The van der Waals surface area contributed by atoms with E-state index < -0.39 is 0 Å². The molecule has 0 spiro atoms. The van der Waals surface area contributed by atoms with Crippen LogP contribution in [-0.2, 0) is 11.2 Å². The second kappa shape index (κ2) is 8.76. The number of hydrogen-bond donors (Lipinski definition) is 1. The lowest BCUT2D eigenvalue weighted by Crippen LogP contribution is -2.50. The molecular weight excluding hydrogens is 316 g/mol. The Kier molecular flexibility index (Phi) is 6.17. The molecule has 1 fully saturated rings. The van der Waals surface area contributed by atoms with Gasteiger partial charge in [0.15, 0.2) is 0 Å². The number of hydrogen-bond acceptors (Lipinski definition) is 5. The summed E-state index contributed by atoms with van der Waals surface area (Å²) in [7, 11) is 0. The van der Waals surface area contributed by atoms with Gasteiger partial charge in [0.2, 0.25) is 17.7 Å². The van der Waals surface area contributed by atoms with Gasteiger partial charge in [0, 0.05) is 18.5 Å². The molecule has 6 nitrogen and oxygen atoms in total. The number of amides is 1. The summed E-state index contributed by atoms with van der Waals surface area (Å²) >= 11 is 0. The molecular formula is C19H26N4O2. The Bertz CT molecular complexity index is 669. The molecule has 1 aromatic heterocycles. The predicted octanol–water partition coefficient (Wildman–Crippen LogP) is 2.66. The largest absolute Gasteiger partial charge is 0.421 e. The maximum Gasteiger partial charge on any atom is 0.247 e. The molecule has 0 saturated carbocycles. The predicted molar refractivity (Wildman–Crippen MR) is 96.0 cm³/mol. The van der Waals surface area contributed by atoms with Gasteiger partial charge >= 0.3 is 0 Å². The highest BCUT2D eigenvalue weighted by Gasteiger charge is 2.27. The summed E-state index contributed by atoms with van der Waals surface area (Å²) in [5.41, 5.74) is 0.905. The maximum absolute atomic E-state index is 12.5. The molecule has 1 atom stereocenters. The van der Waals surface area contributed by atoms with Crippen LogP contribution in [0, 0.1) is 0 Å². The minimum Gasteiger partial charge on any atom is -0.421 e. The zero-order valence-electron chi connectivity index (χ0n) is 14.8. The standard InChI is InChI=1S/C19H26N4O2/c1-2-13-23-14-7-6-10-16(23)18(24)20-12-11-17-21-22-19(25-17)15-8-4-3-5-9-15/h3-5,8-9,16H,2,6-7,10-14H2,1H3,(H,20,24)/t16-/m1/s1. The summed E-state index contributed by atoms with van der Waals surface area (Å²) < 4.78 is 5.67. The average molecular weight is 342 g/mol. The molecule has 1 N–H and O–H groups in total. The van der Waals surface area contributed by atoms with E-state index in [1.165, 1.54) is 6.42 Å². The monoisotopic (exact) mass is 342 g/mol. The molecule has 1 aliphatic heterocycles. The third kappa shape index (κ3) is 4.66. The van der Waals surface area contributed by atoms with Crippen molar-refractivity contribution < 1.29 is 9.21 Å². The SMILES string of the molecule is CCCN1CCCC[C@@H]1C(=O)NCCc1nnc(-c2ccccc2)o1. The number of likely N-dealkylation sites (tertiary alicyclic amines) is 1. The normalized spacial score (nSPS) is 18.2. The van der Waals surface area contributed by atoms with Crippen LogP contribution in [0.3, 0.4) is 0 Å². The molecule has 0 bridgehead atoms. The first-order chi connectivity index (χ1) is 12.3. The highest BCUT2D eigenvalue weighted by Crippen LogP contribution is 2.18. The number of nitrogens with zero attached hydrogens (tertiary/aromatic N) is 3. The van der Waals surface area contributed by atoms with E-state index in [0.29, 0.717) is 24.7 Å². The molecule has 1 saturated heterocycles.